The number of rotatable bonds is 9. The Bertz CT molecular complexity index is 299. The maximum atomic E-state index is 4.73. The Hall–Kier alpha value is -0.0800. The molecular formula is C17H38IN5. The molecule has 6 heteroatoms. The van der Waals surface area contributed by atoms with E-state index in [0.717, 1.165) is 32.1 Å². The van der Waals surface area contributed by atoms with Gasteiger partial charge in [0.2, 0.25) is 0 Å². The molecule has 0 radical (unpaired) electrons. The number of aliphatic imine (C=N–C) groups is 1. The highest BCUT2D eigenvalue weighted by Crippen LogP contribution is 2.07. The van der Waals surface area contributed by atoms with Crippen molar-refractivity contribution in [3.63, 3.8) is 0 Å². The predicted molar refractivity (Wildman–Crippen MR) is 112 cm³/mol. The minimum absolute atomic E-state index is 0. The number of hydrogen-bond acceptors (Lipinski definition) is 3. The summed E-state index contributed by atoms with van der Waals surface area (Å²) in [6.45, 7) is 18.8. The second-order valence-corrected chi connectivity index (χ2v) is 6.10. The zero-order valence-corrected chi connectivity index (χ0v) is 17.9. The topological polar surface area (TPSA) is 42.9 Å². The first-order valence-electron chi connectivity index (χ1n) is 9.20. The van der Waals surface area contributed by atoms with Gasteiger partial charge in [-0.15, -0.1) is 24.0 Å². The predicted octanol–water partition coefficient (Wildman–Crippen LogP) is 2.23. The average Bonchev–Trinajstić information content (AvgIpc) is 2.56. The summed E-state index contributed by atoms with van der Waals surface area (Å²) in [6, 6.07) is 0. The van der Waals surface area contributed by atoms with E-state index < -0.39 is 0 Å². The molecule has 1 fully saturated rings. The SMILES string of the molecule is CCNC(=NCC(CC)CC)NCCN1CCN(CC)CC1.I. The summed E-state index contributed by atoms with van der Waals surface area (Å²) in [7, 11) is 0. The molecule has 0 saturated carbocycles. The first kappa shape index (κ1) is 22.9. The Labute approximate surface area is 160 Å². The lowest BCUT2D eigenvalue weighted by Gasteiger charge is -2.34. The molecule has 0 spiro atoms. The zero-order valence-electron chi connectivity index (χ0n) is 15.6. The highest BCUT2D eigenvalue weighted by Gasteiger charge is 2.14. The van der Waals surface area contributed by atoms with E-state index in [0.29, 0.717) is 5.92 Å². The van der Waals surface area contributed by atoms with Gasteiger partial charge in [-0.25, -0.2) is 0 Å². The van der Waals surface area contributed by atoms with E-state index in [1.165, 1.54) is 45.6 Å². The average molecular weight is 439 g/mol. The van der Waals surface area contributed by atoms with Crippen LogP contribution in [0.5, 0.6) is 0 Å². The normalized spacial score (nSPS) is 17.2. The third-order valence-electron chi connectivity index (χ3n) is 4.64. The Morgan fingerprint density at radius 1 is 0.957 bits per heavy atom. The summed E-state index contributed by atoms with van der Waals surface area (Å²) in [6.07, 6.45) is 2.42. The summed E-state index contributed by atoms with van der Waals surface area (Å²) < 4.78 is 0. The minimum atomic E-state index is 0. The Morgan fingerprint density at radius 3 is 2.09 bits per heavy atom. The number of hydrogen-bond donors (Lipinski definition) is 2. The third kappa shape index (κ3) is 9.72. The second-order valence-electron chi connectivity index (χ2n) is 6.10. The van der Waals surface area contributed by atoms with Crippen LogP contribution in [-0.4, -0.2) is 74.7 Å². The van der Waals surface area contributed by atoms with Crippen molar-refractivity contribution in [2.75, 3.05) is 58.9 Å². The van der Waals surface area contributed by atoms with Gasteiger partial charge >= 0.3 is 0 Å². The Morgan fingerprint density at radius 2 is 1.57 bits per heavy atom. The van der Waals surface area contributed by atoms with Crippen molar-refractivity contribution in [1.29, 1.82) is 0 Å². The Kier molecular flexibility index (Phi) is 14.2. The number of halogens is 1. The van der Waals surface area contributed by atoms with Gasteiger partial charge in [0.15, 0.2) is 5.96 Å². The van der Waals surface area contributed by atoms with E-state index in [9.17, 15) is 0 Å². The van der Waals surface area contributed by atoms with E-state index in [-0.39, 0.29) is 24.0 Å². The molecule has 1 saturated heterocycles. The van der Waals surface area contributed by atoms with Crippen LogP contribution < -0.4 is 10.6 Å². The van der Waals surface area contributed by atoms with Gasteiger partial charge < -0.3 is 15.5 Å². The molecule has 5 nitrogen and oxygen atoms in total. The first-order valence-corrected chi connectivity index (χ1v) is 9.20. The van der Waals surface area contributed by atoms with E-state index in [1.54, 1.807) is 0 Å². The van der Waals surface area contributed by atoms with Crippen molar-refractivity contribution < 1.29 is 0 Å². The van der Waals surface area contributed by atoms with Crippen LogP contribution in [0.25, 0.3) is 0 Å². The van der Waals surface area contributed by atoms with Gasteiger partial charge in [-0.05, 0) is 19.4 Å². The number of nitrogens with one attached hydrogen (secondary N) is 2. The van der Waals surface area contributed by atoms with Crippen LogP contribution in [0, 0.1) is 5.92 Å². The summed E-state index contributed by atoms with van der Waals surface area (Å²) in [5.74, 6) is 1.68. The molecule has 1 rings (SSSR count). The van der Waals surface area contributed by atoms with E-state index in [4.69, 9.17) is 4.99 Å². The molecule has 138 valence electrons. The monoisotopic (exact) mass is 439 g/mol. The molecule has 0 unspecified atom stereocenters. The van der Waals surface area contributed by atoms with Crippen LogP contribution in [0.2, 0.25) is 0 Å². The zero-order chi connectivity index (χ0) is 16.2. The van der Waals surface area contributed by atoms with Gasteiger partial charge in [0, 0.05) is 52.4 Å². The fourth-order valence-corrected chi connectivity index (χ4v) is 2.77. The van der Waals surface area contributed by atoms with Crippen molar-refractivity contribution in [2.45, 2.75) is 40.5 Å². The number of guanidine groups is 1. The highest BCUT2D eigenvalue weighted by molar-refractivity contribution is 14.0. The standard InChI is InChI=1S/C17H37N5.HI/c1-5-16(6-2)15-20-17(18-7-3)19-9-10-22-13-11-21(8-4)12-14-22;/h16H,5-15H2,1-4H3,(H2,18,19,20);1H. The lowest BCUT2D eigenvalue weighted by atomic mass is 10.0. The molecule has 0 aliphatic carbocycles. The molecule has 0 aromatic heterocycles. The highest BCUT2D eigenvalue weighted by atomic mass is 127. The van der Waals surface area contributed by atoms with Gasteiger partial charge in [-0.1, -0.05) is 33.6 Å². The number of likely N-dealkylation sites (N-methyl/N-ethyl adjacent to an activating group) is 1. The minimum Gasteiger partial charge on any atom is -0.357 e. The maximum Gasteiger partial charge on any atom is 0.191 e. The molecule has 0 bridgehead atoms. The van der Waals surface area contributed by atoms with Crippen LogP contribution in [-0.2, 0) is 0 Å². The van der Waals surface area contributed by atoms with Crippen molar-refractivity contribution >= 4 is 29.9 Å². The molecule has 0 atom stereocenters. The van der Waals surface area contributed by atoms with Crippen LogP contribution in [0.15, 0.2) is 4.99 Å². The number of piperazine rings is 1. The summed E-state index contributed by atoms with van der Waals surface area (Å²) >= 11 is 0. The summed E-state index contributed by atoms with van der Waals surface area (Å²) in [5, 5.41) is 6.83. The fourth-order valence-electron chi connectivity index (χ4n) is 2.77. The third-order valence-corrected chi connectivity index (χ3v) is 4.64. The van der Waals surface area contributed by atoms with Crippen molar-refractivity contribution in [3.8, 4) is 0 Å². The summed E-state index contributed by atoms with van der Waals surface area (Å²) in [4.78, 5) is 9.80. The smallest absolute Gasteiger partial charge is 0.191 e. The summed E-state index contributed by atoms with van der Waals surface area (Å²) in [5.41, 5.74) is 0. The van der Waals surface area contributed by atoms with Crippen LogP contribution >= 0.6 is 24.0 Å². The maximum absolute atomic E-state index is 4.73. The molecular weight excluding hydrogens is 401 g/mol. The lowest BCUT2D eigenvalue weighted by molar-refractivity contribution is 0.139. The van der Waals surface area contributed by atoms with Crippen molar-refractivity contribution in [3.05, 3.63) is 0 Å². The van der Waals surface area contributed by atoms with Crippen molar-refractivity contribution in [1.82, 2.24) is 20.4 Å². The quantitative estimate of drug-likeness (QED) is 0.329. The van der Waals surface area contributed by atoms with E-state index >= 15 is 0 Å². The number of nitrogens with zero attached hydrogens (tertiary/aromatic N) is 3. The van der Waals surface area contributed by atoms with Gasteiger partial charge in [-0.2, -0.15) is 0 Å². The molecule has 23 heavy (non-hydrogen) atoms. The molecule has 1 aliphatic heterocycles. The molecule has 0 amide bonds. The molecule has 1 aliphatic rings. The second kappa shape index (κ2) is 14.3. The first-order chi connectivity index (χ1) is 10.7. The largest absolute Gasteiger partial charge is 0.357 e. The van der Waals surface area contributed by atoms with E-state index in [1.807, 2.05) is 0 Å². The van der Waals surface area contributed by atoms with Gasteiger partial charge in [0.25, 0.3) is 0 Å². The molecule has 1 heterocycles. The van der Waals surface area contributed by atoms with Crippen LogP contribution in [0.4, 0.5) is 0 Å². The molecule has 2 N–H and O–H groups in total. The van der Waals surface area contributed by atoms with Crippen molar-refractivity contribution in [2.24, 2.45) is 10.9 Å². The van der Waals surface area contributed by atoms with Gasteiger partial charge in [0.05, 0.1) is 0 Å². The van der Waals surface area contributed by atoms with Gasteiger partial charge in [-0.3, -0.25) is 9.89 Å². The fraction of sp³-hybridized carbons (Fsp3) is 0.941. The van der Waals surface area contributed by atoms with Crippen LogP contribution in [0.1, 0.15) is 40.5 Å². The van der Waals surface area contributed by atoms with Crippen LogP contribution in [0.3, 0.4) is 0 Å². The molecule has 0 aromatic rings. The van der Waals surface area contributed by atoms with E-state index in [2.05, 4.69) is 48.1 Å². The molecule has 0 aromatic carbocycles. The van der Waals surface area contributed by atoms with Gasteiger partial charge in [0.1, 0.15) is 0 Å². The lowest BCUT2D eigenvalue weighted by Crippen LogP contribution is -2.49. The Balaban J connectivity index is 0.00000484.